The number of nitrogens with one attached hydrogen (secondary N) is 1. The Morgan fingerprint density at radius 2 is 1.76 bits per heavy atom. The van der Waals surface area contributed by atoms with Gasteiger partial charge in [0.25, 0.3) is 0 Å². The second-order valence-corrected chi connectivity index (χ2v) is 8.36. The minimum absolute atomic E-state index is 0.326. The summed E-state index contributed by atoms with van der Waals surface area (Å²) in [5.41, 5.74) is 7.99. The monoisotopic (exact) mass is 381 g/mol. The molecule has 1 aliphatic carbocycles. The van der Waals surface area contributed by atoms with Gasteiger partial charge in [0.15, 0.2) is 0 Å². The van der Waals surface area contributed by atoms with Crippen LogP contribution in [0.25, 0.3) is 0 Å². The number of aryl methyl sites for hydroxylation is 2. The highest BCUT2D eigenvalue weighted by Crippen LogP contribution is 2.50. The first-order valence-electron chi connectivity index (χ1n) is 10.5. The van der Waals surface area contributed by atoms with Crippen molar-refractivity contribution in [2.24, 2.45) is 5.92 Å². The van der Waals surface area contributed by atoms with E-state index in [-0.39, 0.29) is 0 Å². The van der Waals surface area contributed by atoms with Crippen LogP contribution in [0.2, 0.25) is 0 Å². The van der Waals surface area contributed by atoms with Gasteiger partial charge < -0.3 is 10.1 Å². The predicted molar refractivity (Wildman–Crippen MR) is 119 cm³/mol. The second-order valence-electron chi connectivity index (χ2n) is 8.36. The molecule has 0 saturated heterocycles. The van der Waals surface area contributed by atoms with Gasteiger partial charge in [-0.2, -0.15) is 0 Å². The summed E-state index contributed by atoms with van der Waals surface area (Å²) in [5.74, 6) is 1.99. The lowest BCUT2D eigenvalue weighted by atomic mass is 9.76. The van der Waals surface area contributed by atoms with Gasteiger partial charge in [-0.25, -0.2) is 0 Å². The molecule has 3 aromatic rings. The van der Waals surface area contributed by atoms with E-state index < -0.39 is 0 Å². The lowest BCUT2D eigenvalue weighted by Gasteiger charge is -2.38. The molecule has 5 rings (SSSR count). The molecule has 0 aromatic heterocycles. The first-order chi connectivity index (χ1) is 14.2. The SMILES string of the molecule is Cc1cc(C)c2c(c1)C1C=CCC1C(c1ccc(OCc3ccccc3)cc1)N2. The number of allylic oxidation sites excluding steroid dienone is 2. The third-order valence-electron chi connectivity index (χ3n) is 6.30. The van der Waals surface area contributed by atoms with Crippen LogP contribution in [0.4, 0.5) is 5.69 Å². The molecule has 1 heterocycles. The van der Waals surface area contributed by atoms with Crippen molar-refractivity contribution < 1.29 is 4.74 Å². The molecule has 2 nitrogen and oxygen atoms in total. The minimum Gasteiger partial charge on any atom is -0.489 e. The Morgan fingerprint density at radius 3 is 2.55 bits per heavy atom. The van der Waals surface area contributed by atoms with Crippen LogP contribution in [-0.2, 0) is 6.61 Å². The molecule has 2 aliphatic rings. The van der Waals surface area contributed by atoms with Crippen molar-refractivity contribution >= 4 is 5.69 Å². The van der Waals surface area contributed by atoms with Gasteiger partial charge >= 0.3 is 0 Å². The summed E-state index contributed by atoms with van der Waals surface area (Å²) >= 11 is 0. The van der Waals surface area contributed by atoms with Crippen LogP contribution < -0.4 is 10.1 Å². The van der Waals surface area contributed by atoms with E-state index in [1.807, 2.05) is 18.2 Å². The lowest BCUT2D eigenvalue weighted by molar-refractivity contribution is 0.306. The number of hydrogen-bond donors (Lipinski definition) is 1. The van der Waals surface area contributed by atoms with E-state index in [9.17, 15) is 0 Å². The molecular formula is C27H27NO. The summed E-state index contributed by atoms with van der Waals surface area (Å²) < 4.78 is 5.98. The average Bonchev–Trinajstić information content (AvgIpc) is 3.23. The molecule has 0 radical (unpaired) electrons. The Hall–Kier alpha value is -3.00. The fourth-order valence-electron chi connectivity index (χ4n) is 4.92. The van der Waals surface area contributed by atoms with Crippen molar-refractivity contribution in [1.29, 1.82) is 0 Å². The molecule has 3 atom stereocenters. The molecule has 146 valence electrons. The van der Waals surface area contributed by atoms with Crippen molar-refractivity contribution in [3.8, 4) is 5.75 Å². The van der Waals surface area contributed by atoms with Crippen LogP contribution in [-0.4, -0.2) is 0 Å². The minimum atomic E-state index is 0.326. The van der Waals surface area contributed by atoms with Crippen LogP contribution in [0.5, 0.6) is 5.75 Å². The summed E-state index contributed by atoms with van der Waals surface area (Å²) in [6, 6.07) is 23.9. The van der Waals surface area contributed by atoms with E-state index in [1.54, 1.807) is 0 Å². The van der Waals surface area contributed by atoms with Crippen molar-refractivity contribution in [1.82, 2.24) is 0 Å². The standard InChI is InChI=1S/C27H27NO/c1-18-15-19(2)26-25(16-18)23-9-6-10-24(23)27(28-26)21-11-13-22(14-12-21)29-17-20-7-4-3-5-8-20/h3-9,11-16,23-24,27-28H,10,17H2,1-2H3. The Kier molecular flexibility index (Phi) is 4.63. The maximum Gasteiger partial charge on any atom is 0.119 e. The summed E-state index contributed by atoms with van der Waals surface area (Å²) in [6.07, 6.45) is 5.89. The number of ether oxygens (including phenoxy) is 1. The molecule has 29 heavy (non-hydrogen) atoms. The first kappa shape index (κ1) is 18.1. The van der Waals surface area contributed by atoms with E-state index in [0.717, 1.165) is 12.2 Å². The maximum absolute atomic E-state index is 5.98. The number of fused-ring (bicyclic) bond motifs is 3. The zero-order valence-corrected chi connectivity index (χ0v) is 17.1. The molecule has 2 heteroatoms. The fraction of sp³-hybridized carbons (Fsp3) is 0.259. The van der Waals surface area contributed by atoms with Crippen LogP contribution in [0.15, 0.2) is 78.9 Å². The largest absolute Gasteiger partial charge is 0.489 e. The number of rotatable bonds is 4. The van der Waals surface area contributed by atoms with Gasteiger partial charge in [0.2, 0.25) is 0 Å². The van der Waals surface area contributed by atoms with Crippen LogP contribution in [0.3, 0.4) is 0 Å². The fourth-order valence-corrected chi connectivity index (χ4v) is 4.92. The molecule has 3 unspecified atom stereocenters. The molecule has 1 N–H and O–H groups in total. The highest BCUT2D eigenvalue weighted by molar-refractivity contribution is 5.65. The van der Waals surface area contributed by atoms with Crippen molar-refractivity contribution in [3.63, 3.8) is 0 Å². The third kappa shape index (κ3) is 3.44. The summed E-state index contributed by atoms with van der Waals surface area (Å²) in [6.45, 7) is 5.01. The summed E-state index contributed by atoms with van der Waals surface area (Å²) in [4.78, 5) is 0. The van der Waals surface area contributed by atoms with Crippen LogP contribution >= 0.6 is 0 Å². The topological polar surface area (TPSA) is 21.3 Å². The molecule has 0 bridgehead atoms. The molecule has 1 aliphatic heterocycles. The number of anilines is 1. The third-order valence-corrected chi connectivity index (χ3v) is 6.30. The second kappa shape index (κ2) is 7.44. The van der Waals surface area contributed by atoms with Gasteiger partial charge in [0.05, 0.1) is 6.04 Å². The molecule has 0 amide bonds. The number of benzene rings is 3. The van der Waals surface area contributed by atoms with Crippen molar-refractivity contribution in [3.05, 3.63) is 107 Å². The van der Waals surface area contributed by atoms with E-state index in [1.165, 1.54) is 33.5 Å². The maximum atomic E-state index is 5.98. The molecule has 0 fully saturated rings. The van der Waals surface area contributed by atoms with Crippen LogP contribution in [0.1, 0.15) is 46.2 Å². The highest BCUT2D eigenvalue weighted by Gasteiger charge is 2.38. The van der Waals surface area contributed by atoms with Gasteiger partial charge in [-0.05, 0) is 60.6 Å². The summed E-state index contributed by atoms with van der Waals surface area (Å²) in [7, 11) is 0. The Balaban J connectivity index is 1.38. The Labute approximate surface area is 173 Å². The van der Waals surface area contributed by atoms with E-state index >= 15 is 0 Å². The quantitative estimate of drug-likeness (QED) is 0.507. The van der Waals surface area contributed by atoms with Gasteiger partial charge in [-0.3, -0.25) is 0 Å². The van der Waals surface area contributed by atoms with E-state index in [2.05, 4.69) is 79.8 Å². The van der Waals surface area contributed by atoms with Gasteiger partial charge in [-0.1, -0.05) is 72.3 Å². The molecular weight excluding hydrogens is 354 g/mol. The highest BCUT2D eigenvalue weighted by atomic mass is 16.5. The van der Waals surface area contributed by atoms with E-state index in [4.69, 9.17) is 4.74 Å². The normalized spacial score (nSPS) is 21.9. The zero-order chi connectivity index (χ0) is 19.8. The van der Waals surface area contributed by atoms with Crippen molar-refractivity contribution in [2.75, 3.05) is 5.32 Å². The van der Waals surface area contributed by atoms with Gasteiger partial charge in [0.1, 0.15) is 12.4 Å². The molecule has 3 aromatic carbocycles. The predicted octanol–water partition coefficient (Wildman–Crippen LogP) is 6.71. The molecule has 0 saturated carbocycles. The smallest absolute Gasteiger partial charge is 0.119 e. The van der Waals surface area contributed by atoms with E-state index in [0.29, 0.717) is 24.5 Å². The zero-order valence-electron chi connectivity index (χ0n) is 17.1. The Morgan fingerprint density at radius 1 is 0.966 bits per heavy atom. The lowest BCUT2D eigenvalue weighted by Crippen LogP contribution is -2.29. The average molecular weight is 382 g/mol. The number of hydrogen-bond acceptors (Lipinski definition) is 2. The van der Waals surface area contributed by atoms with Crippen LogP contribution in [0, 0.1) is 19.8 Å². The van der Waals surface area contributed by atoms with Crippen molar-refractivity contribution in [2.45, 2.75) is 38.8 Å². The van der Waals surface area contributed by atoms with Gasteiger partial charge in [-0.15, -0.1) is 0 Å². The Bertz CT molecular complexity index is 1040. The molecule has 0 spiro atoms. The summed E-state index contributed by atoms with van der Waals surface area (Å²) in [5, 5.41) is 3.88. The first-order valence-corrected chi connectivity index (χ1v) is 10.5. The van der Waals surface area contributed by atoms with Gasteiger partial charge in [0, 0.05) is 11.6 Å².